The maximum Gasteiger partial charge on any atom is 0.124 e. The molecule has 0 aliphatic rings. The molecule has 0 spiro atoms. The van der Waals surface area contributed by atoms with Gasteiger partial charge in [-0.1, -0.05) is 49.4 Å². The van der Waals surface area contributed by atoms with Crippen molar-refractivity contribution < 1.29 is 4.74 Å². The Labute approximate surface area is 128 Å². The minimum atomic E-state index is 0.262. The lowest BCUT2D eigenvalue weighted by molar-refractivity contribution is 0.332. The normalized spacial score (nSPS) is 12.1. The van der Waals surface area contributed by atoms with Gasteiger partial charge in [0.05, 0.1) is 6.61 Å². The Morgan fingerprint density at radius 2 is 1.62 bits per heavy atom. The lowest BCUT2D eigenvalue weighted by atomic mass is 10.0. The maximum absolute atomic E-state index is 5.72. The van der Waals surface area contributed by atoms with Crippen molar-refractivity contribution in [3.05, 3.63) is 65.2 Å². The van der Waals surface area contributed by atoms with Crippen molar-refractivity contribution in [1.82, 2.24) is 5.32 Å². The summed E-state index contributed by atoms with van der Waals surface area (Å²) in [5, 5.41) is 3.61. The van der Waals surface area contributed by atoms with Gasteiger partial charge in [-0.15, -0.1) is 0 Å². The SMILES string of the molecule is CCOc1ccccc1C(C)NCc1ccccc1CC. The molecule has 2 aromatic rings. The molecule has 0 saturated heterocycles. The Morgan fingerprint density at radius 3 is 2.33 bits per heavy atom. The zero-order valence-electron chi connectivity index (χ0n) is 13.2. The second-order valence-corrected chi connectivity index (χ2v) is 5.20. The van der Waals surface area contributed by atoms with E-state index in [1.807, 2.05) is 19.1 Å². The minimum Gasteiger partial charge on any atom is -0.494 e. The van der Waals surface area contributed by atoms with E-state index in [4.69, 9.17) is 4.74 Å². The van der Waals surface area contributed by atoms with Crippen LogP contribution in [0.3, 0.4) is 0 Å². The summed E-state index contributed by atoms with van der Waals surface area (Å²) >= 11 is 0. The van der Waals surface area contributed by atoms with E-state index in [1.165, 1.54) is 16.7 Å². The fourth-order valence-corrected chi connectivity index (χ4v) is 2.57. The fourth-order valence-electron chi connectivity index (χ4n) is 2.57. The van der Waals surface area contributed by atoms with Crippen LogP contribution in [0, 0.1) is 0 Å². The van der Waals surface area contributed by atoms with Gasteiger partial charge in [0.1, 0.15) is 5.75 Å². The third-order valence-electron chi connectivity index (χ3n) is 3.78. The Morgan fingerprint density at radius 1 is 0.952 bits per heavy atom. The standard InChI is InChI=1S/C19H25NO/c1-4-16-10-6-7-11-17(16)14-20-15(3)18-12-8-9-13-19(18)21-5-2/h6-13,15,20H,4-5,14H2,1-3H3. The van der Waals surface area contributed by atoms with E-state index in [0.717, 1.165) is 18.7 Å². The molecule has 2 rings (SSSR count). The summed E-state index contributed by atoms with van der Waals surface area (Å²) in [6.07, 6.45) is 1.07. The van der Waals surface area contributed by atoms with Crippen LogP contribution < -0.4 is 10.1 Å². The number of hydrogen-bond acceptors (Lipinski definition) is 2. The number of hydrogen-bond donors (Lipinski definition) is 1. The third-order valence-corrected chi connectivity index (χ3v) is 3.78. The first-order valence-electron chi connectivity index (χ1n) is 7.78. The van der Waals surface area contributed by atoms with Crippen LogP contribution in [0.15, 0.2) is 48.5 Å². The number of nitrogens with one attached hydrogen (secondary N) is 1. The second-order valence-electron chi connectivity index (χ2n) is 5.20. The molecule has 0 bridgehead atoms. The molecule has 0 aromatic heterocycles. The first kappa shape index (κ1) is 15.6. The molecule has 2 heteroatoms. The second kappa shape index (κ2) is 7.84. The smallest absolute Gasteiger partial charge is 0.124 e. The van der Waals surface area contributed by atoms with Crippen molar-refractivity contribution in [3.8, 4) is 5.75 Å². The van der Waals surface area contributed by atoms with Crippen molar-refractivity contribution in [2.24, 2.45) is 0 Å². The van der Waals surface area contributed by atoms with Crippen LogP contribution in [0.4, 0.5) is 0 Å². The van der Waals surface area contributed by atoms with Crippen molar-refractivity contribution >= 4 is 0 Å². The molecular formula is C19H25NO. The number of aryl methyl sites for hydroxylation is 1. The van der Waals surface area contributed by atoms with E-state index in [0.29, 0.717) is 6.61 Å². The number of rotatable bonds is 7. The third kappa shape index (κ3) is 4.08. The number of para-hydroxylation sites is 1. The number of ether oxygens (including phenoxy) is 1. The van der Waals surface area contributed by atoms with Crippen LogP contribution in [0.25, 0.3) is 0 Å². The zero-order chi connectivity index (χ0) is 15.1. The Balaban J connectivity index is 2.06. The van der Waals surface area contributed by atoms with E-state index >= 15 is 0 Å². The van der Waals surface area contributed by atoms with Gasteiger partial charge in [0, 0.05) is 18.2 Å². The van der Waals surface area contributed by atoms with Crippen molar-refractivity contribution in [1.29, 1.82) is 0 Å². The van der Waals surface area contributed by atoms with Gasteiger partial charge in [-0.3, -0.25) is 0 Å². The van der Waals surface area contributed by atoms with Crippen LogP contribution in [-0.4, -0.2) is 6.61 Å². The molecule has 0 aliphatic carbocycles. The predicted molar refractivity (Wildman–Crippen MR) is 88.7 cm³/mol. The molecule has 1 N–H and O–H groups in total. The lowest BCUT2D eigenvalue weighted by Crippen LogP contribution is -2.19. The van der Waals surface area contributed by atoms with Gasteiger partial charge >= 0.3 is 0 Å². The first-order chi connectivity index (χ1) is 10.3. The zero-order valence-corrected chi connectivity index (χ0v) is 13.2. The highest BCUT2D eigenvalue weighted by Crippen LogP contribution is 2.25. The monoisotopic (exact) mass is 283 g/mol. The topological polar surface area (TPSA) is 21.3 Å². The maximum atomic E-state index is 5.72. The molecule has 0 amide bonds. The molecule has 0 radical (unpaired) electrons. The Kier molecular flexibility index (Phi) is 5.82. The Bertz CT molecular complexity index is 565. The molecule has 0 heterocycles. The largest absolute Gasteiger partial charge is 0.494 e. The highest BCUT2D eigenvalue weighted by Gasteiger charge is 2.11. The van der Waals surface area contributed by atoms with Crippen LogP contribution in [0.1, 0.15) is 43.5 Å². The summed E-state index contributed by atoms with van der Waals surface area (Å²) in [7, 11) is 0. The van der Waals surface area contributed by atoms with E-state index < -0.39 is 0 Å². The fraction of sp³-hybridized carbons (Fsp3) is 0.368. The molecule has 0 aliphatic heterocycles. The predicted octanol–water partition coefficient (Wildman–Crippen LogP) is 4.50. The molecule has 0 fully saturated rings. The van der Waals surface area contributed by atoms with E-state index in [-0.39, 0.29) is 6.04 Å². The summed E-state index contributed by atoms with van der Waals surface area (Å²) in [5.74, 6) is 0.976. The summed E-state index contributed by atoms with van der Waals surface area (Å²) < 4.78 is 5.72. The average Bonchev–Trinajstić information content (AvgIpc) is 2.53. The van der Waals surface area contributed by atoms with Crippen LogP contribution in [0.2, 0.25) is 0 Å². The molecule has 0 saturated carbocycles. The van der Waals surface area contributed by atoms with Crippen molar-refractivity contribution in [3.63, 3.8) is 0 Å². The van der Waals surface area contributed by atoms with Gasteiger partial charge in [0.15, 0.2) is 0 Å². The minimum absolute atomic E-state index is 0.262. The molecule has 2 aromatic carbocycles. The number of benzene rings is 2. The highest BCUT2D eigenvalue weighted by molar-refractivity contribution is 5.36. The van der Waals surface area contributed by atoms with E-state index in [1.54, 1.807) is 0 Å². The summed E-state index contributed by atoms with van der Waals surface area (Å²) in [6.45, 7) is 7.99. The summed E-state index contributed by atoms with van der Waals surface area (Å²) in [4.78, 5) is 0. The van der Waals surface area contributed by atoms with Gasteiger partial charge in [0.25, 0.3) is 0 Å². The van der Waals surface area contributed by atoms with Crippen LogP contribution >= 0.6 is 0 Å². The molecule has 2 nitrogen and oxygen atoms in total. The van der Waals surface area contributed by atoms with Crippen LogP contribution in [0.5, 0.6) is 5.75 Å². The Hall–Kier alpha value is -1.80. The molecular weight excluding hydrogens is 258 g/mol. The van der Waals surface area contributed by atoms with Gasteiger partial charge in [-0.05, 0) is 37.5 Å². The van der Waals surface area contributed by atoms with Gasteiger partial charge < -0.3 is 10.1 Å². The summed E-state index contributed by atoms with van der Waals surface area (Å²) in [5.41, 5.74) is 4.00. The summed E-state index contributed by atoms with van der Waals surface area (Å²) in [6, 6.07) is 17.1. The average molecular weight is 283 g/mol. The molecule has 1 atom stereocenters. The van der Waals surface area contributed by atoms with E-state index in [9.17, 15) is 0 Å². The van der Waals surface area contributed by atoms with E-state index in [2.05, 4.69) is 55.6 Å². The first-order valence-corrected chi connectivity index (χ1v) is 7.78. The van der Waals surface area contributed by atoms with Crippen LogP contribution in [-0.2, 0) is 13.0 Å². The van der Waals surface area contributed by atoms with Crippen molar-refractivity contribution in [2.75, 3.05) is 6.61 Å². The molecule has 112 valence electrons. The lowest BCUT2D eigenvalue weighted by Gasteiger charge is -2.19. The molecule has 1 unspecified atom stereocenters. The highest BCUT2D eigenvalue weighted by atomic mass is 16.5. The van der Waals surface area contributed by atoms with Gasteiger partial charge in [-0.25, -0.2) is 0 Å². The van der Waals surface area contributed by atoms with Gasteiger partial charge in [0.2, 0.25) is 0 Å². The molecule has 21 heavy (non-hydrogen) atoms. The van der Waals surface area contributed by atoms with Gasteiger partial charge in [-0.2, -0.15) is 0 Å². The quantitative estimate of drug-likeness (QED) is 0.808. The van der Waals surface area contributed by atoms with Crippen molar-refractivity contribution in [2.45, 2.75) is 39.8 Å².